The van der Waals surface area contributed by atoms with Crippen LogP contribution in [-0.2, 0) is 14.3 Å². The van der Waals surface area contributed by atoms with Gasteiger partial charge in [-0.25, -0.2) is 4.79 Å². The van der Waals surface area contributed by atoms with Crippen LogP contribution < -0.4 is 10.8 Å². The Bertz CT molecular complexity index is 376. The van der Waals surface area contributed by atoms with Crippen molar-refractivity contribution in [3.8, 4) is 0 Å². The molecule has 5 nitrogen and oxygen atoms in total. The molecule has 0 aromatic carbocycles. The Hall–Kier alpha value is -1.83. The number of alkyl halides is 3. The second-order valence-electron chi connectivity index (χ2n) is 4.19. The summed E-state index contributed by atoms with van der Waals surface area (Å²) in [6, 6.07) is 0.279. The smallest absolute Gasteiger partial charge is 0.430 e. The van der Waals surface area contributed by atoms with Crippen LogP contribution in [0.1, 0.15) is 20.8 Å². The molecule has 0 aliphatic heterocycles. The SMILES string of the molecule is CCOC(=O)/C=C/C=C/[C@@H]([NH3+])C(C)C.O=C([O-])C(F)(F)F. The average molecular weight is 311 g/mol. The third-order valence-electron chi connectivity index (χ3n) is 2.08. The molecule has 8 heteroatoms. The van der Waals surface area contributed by atoms with E-state index >= 15 is 0 Å². The number of hydrogen-bond acceptors (Lipinski definition) is 4. The molecule has 122 valence electrons. The Kier molecular flexibility index (Phi) is 11.1. The van der Waals surface area contributed by atoms with Crippen LogP contribution >= 0.6 is 0 Å². The van der Waals surface area contributed by atoms with E-state index in [1.54, 1.807) is 13.0 Å². The number of quaternary nitrogens is 1. The van der Waals surface area contributed by atoms with Crippen LogP contribution in [0, 0.1) is 5.92 Å². The molecule has 3 N–H and O–H groups in total. The Labute approximate surface area is 121 Å². The molecule has 0 aliphatic rings. The zero-order valence-electron chi connectivity index (χ0n) is 12.1. The molecule has 0 fully saturated rings. The lowest BCUT2D eigenvalue weighted by molar-refractivity contribution is -0.413. The number of carboxylic acid groups (broad SMARTS) is 1. The van der Waals surface area contributed by atoms with Gasteiger partial charge in [0, 0.05) is 12.0 Å². The van der Waals surface area contributed by atoms with Gasteiger partial charge in [0.1, 0.15) is 12.0 Å². The lowest BCUT2D eigenvalue weighted by Crippen LogP contribution is -2.62. The van der Waals surface area contributed by atoms with Gasteiger partial charge in [0.05, 0.1) is 6.61 Å². The maximum Gasteiger partial charge on any atom is 0.430 e. The minimum absolute atomic E-state index is 0.279. The summed E-state index contributed by atoms with van der Waals surface area (Å²) in [5.41, 5.74) is 3.95. The van der Waals surface area contributed by atoms with Gasteiger partial charge < -0.3 is 20.4 Å². The van der Waals surface area contributed by atoms with E-state index in [1.807, 2.05) is 12.2 Å². The number of carbonyl (C=O) groups excluding carboxylic acids is 2. The minimum atomic E-state index is -5.19. The van der Waals surface area contributed by atoms with E-state index in [0.717, 1.165) is 0 Å². The lowest BCUT2D eigenvalue weighted by atomic mass is 10.1. The maximum absolute atomic E-state index is 10.9. The fourth-order valence-corrected chi connectivity index (χ4v) is 0.754. The Morgan fingerprint density at radius 3 is 2.10 bits per heavy atom. The van der Waals surface area contributed by atoms with Crippen molar-refractivity contribution in [2.75, 3.05) is 6.61 Å². The van der Waals surface area contributed by atoms with Crippen molar-refractivity contribution >= 4 is 11.9 Å². The van der Waals surface area contributed by atoms with Crippen molar-refractivity contribution in [1.29, 1.82) is 0 Å². The van der Waals surface area contributed by atoms with Gasteiger partial charge in [-0.05, 0) is 13.0 Å². The first-order valence-corrected chi connectivity index (χ1v) is 6.15. The number of ether oxygens (including phenoxy) is 1. The van der Waals surface area contributed by atoms with Gasteiger partial charge in [-0.15, -0.1) is 0 Å². The van der Waals surface area contributed by atoms with Crippen molar-refractivity contribution in [3.05, 3.63) is 24.3 Å². The van der Waals surface area contributed by atoms with Gasteiger partial charge in [-0.1, -0.05) is 26.0 Å². The van der Waals surface area contributed by atoms with Gasteiger partial charge in [0.15, 0.2) is 0 Å². The Morgan fingerprint density at radius 1 is 1.29 bits per heavy atom. The summed E-state index contributed by atoms with van der Waals surface area (Å²) in [4.78, 5) is 19.6. The van der Waals surface area contributed by atoms with Gasteiger partial charge in [-0.2, -0.15) is 13.2 Å². The summed E-state index contributed by atoms with van der Waals surface area (Å²) in [6.45, 7) is 6.41. The number of halogens is 3. The average Bonchev–Trinajstić information content (AvgIpc) is 2.34. The molecule has 0 saturated heterocycles. The molecule has 0 unspecified atom stereocenters. The largest absolute Gasteiger partial charge is 0.542 e. The highest BCUT2D eigenvalue weighted by molar-refractivity contribution is 5.82. The molecule has 0 aromatic rings. The summed E-state index contributed by atoms with van der Waals surface area (Å²) in [5, 5.41) is 8.78. The van der Waals surface area contributed by atoms with Gasteiger partial charge in [0.2, 0.25) is 0 Å². The molecular weight excluding hydrogens is 291 g/mol. The second kappa shape index (κ2) is 10.9. The van der Waals surface area contributed by atoms with Crippen LogP contribution in [0.3, 0.4) is 0 Å². The number of aliphatic carboxylic acids is 1. The predicted molar refractivity (Wildman–Crippen MR) is 67.5 cm³/mol. The number of allylic oxidation sites excluding steroid dienone is 2. The van der Waals surface area contributed by atoms with Crippen molar-refractivity contribution < 1.29 is 38.3 Å². The second-order valence-corrected chi connectivity index (χ2v) is 4.19. The molecule has 0 rings (SSSR count). The molecule has 0 heterocycles. The van der Waals surface area contributed by atoms with Crippen LogP contribution in [0.2, 0.25) is 0 Å². The first-order valence-electron chi connectivity index (χ1n) is 6.15. The minimum Gasteiger partial charge on any atom is -0.542 e. The van der Waals surface area contributed by atoms with Crippen LogP contribution in [0.25, 0.3) is 0 Å². The van der Waals surface area contributed by atoms with E-state index in [4.69, 9.17) is 14.6 Å². The summed E-state index contributed by atoms with van der Waals surface area (Å²) in [5.74, 6) is -2.79. The molecule has 0 amide bonds. The van der Waals surface area contributed by atoms with E-state index in [1.165, 1.54) is 6.08 Å². The first-order chi connectivity index (χ1) is 9.52. The summed E-state index contributed by atoms with van der Waals surface area (Å²) >= 11 is 0. The third-order valence-corrected chi connectivity index (χ3v) is 2.08. The van der Waals surface area contributed by atoms with Gasteiger partial charge in [-0.3, -0.25) is 0 Å². The molecule has 0 spiro atoms. The van der Waals surface area contributed by atoms with Crippen LogP contribution in [0.15, 0.2) is 24.3 Å². The number of rotatable bonds is 5. The van der Waals surface area contributed by atoms with E-state index in [-0.39, 0.29) is 12.0 Å². The van der Waals surface area contributed by atoms with Crippen molar-refractivity contribution in [3.63, 3.8) is 0 Å². The molecule has 0 bridgehead atoms. The topological polar surface area (TPSA) is 94.1 Å². The number of carbonyl (C=O) groups is 2. The number of carboxylic acids is 1. The number of esters is 1. The third kappa shape index (κ3) is 14.4. The molecule has 0 radical (unpaired) electrons. The fourth-order valence-electron chi connectivity index (χ4n) is 0.754. The van der Waals surface area contributed by atoms with Crippen LogP contribution in [-0.4, -0.2) is 30.8 Å². The lowest BCUT2D eigenvalue weighted by Gasteiger charge is -2.04. The van der Waals surface area contributed by atoms with Crippen molar-refractivity contribution in [2.45, 2.75) is 33.0 Å². The van der Waals surface area contributed by atoms with Crippen molar-refractivity contribution in [1.82, 2.24) is 0 Å². The van der Waals surface area contributed by atoms with Crippen LogP contribution in [0.5, 0.6) is 0 Å². The molecule has 21 heavy (non-hydrogen) atoms. The Balaban J connectivity index is 0. The van der Waals surface area contributed by atoms with E-state index in [9.17, 15) is 18.0 Å². The summed E-state index contributed by atoms with van der Waals surface area (Å²) in [7, 11) is 0. The Morgan fingerprint density at radius 2 is 1.76 bits per heavy atom. The molecular formula is C13H20F3NO4. The first kappa shape index (κ1) is 21.5. The zero-order chi connectivity index (χ0) is 17.1. The molecule has 0 saturated carbocycles. The van der Waals surface area contributed by atoms with E-state index in [0.29, 0.717) is 12.5 Å². The summed E-state index contributed by atoms with van der Waals surface area (Å²) in [6.07, 6.45) is 1.70. The quantitative estimate of drug-likeness (QED) is 0.447. The fraction of sp³-hybridized carbons (Fsp3) is 0.538. The molecule has 0 aliphatic carbocycles. The highest BCUT2D eigenvalue weighted by atomic mass is 19.4. The monoisotopic (exact) mass is 311 g/mol. The standard InChI is InChI=1S/C11H19NO2.C2HF3O2/c1-4-14-11(13)8-6-5-7-10(12)9(2)3;3-2(4,5)1(6)7/h5-10H,4,12H2,1-3H3;(H,6,7)/b7-5+,8-6+;/t10-;/m1./s1. The van der Waals surface area contributed by atoms with Crippen molar-refractivity contribution in [2.24, 2.45) is 5.92 Å². The molecule has 1 atom stereocenters. The van der Waals surface area contributed by atoms with Crippen LogP contribution in [0.4, 0.5) is 13.2 Å². The normalized spacial score (nSPS) is 13.1. The highest BCUT2D eigenvalue weighted by Gasteiger charge is 2.28. The summed E-state index contributed by atoms with van der Waals surface area (Å²) < 4.78 is 36.3. The maximum atomic E-state index is 10.9. The zero-order valence-corrected chi connectivity index (χ0v) is 12.1. The van der Waals surface area contributed by atoms with Gasteiger partial charge >= 0.3 is 12.1 Å². The van der Waals surface area contributed by atoms with E-state index < -0.39 is 12.1 Å². The molecule has 0 aromatic heterocycles. The predicted octanol–water partition coefficient (Wildman–Crippen LogP) is 0.227. The van der Waals surface area contributed by atoms with Gasteiger partial charge in [0.25, 0.3) is 0 Å². The number of hydrogen-bond donors (Lipinski definition) is 1. The highest BCUT2D eigenvalue weighted by Crippen LogP contribution is 2.11. The van der Waals surface area contributed by atoms with E-state index in [2.05, 4.69) is 19.6 Å².